The molecule has 10 heavy (non-hydrogen) atoms. The second-order valence-corrected chi connectivity index (χ2v) is 1.56. The molecule has 9 heteroatoms. The van der Waals surface area contributed by atoms with E-state index in [1.807, 2.05) is 0 Å². The van der Waals surface area contributed by atoms with Gasteiger partial charge in [-0.05, 0) is 0 Å². The number of aliphatic hydroxyl groups is 1. The zero-order valence-electron chi connectivity index (χ0n) is 5.64. The Morgan fingerprint density at radius 3 is 1.50 bits per heavy atom. The summed E-state index contributed by atoms with van der Waals surface area (Å²) in [7, 11) is 0. The Morgan fingerprint density at radius 2 is 1.50 bits per heavy atom. The fraction of sp³-hybridized carbons (Fsp3) is 1.00. The molecule has 2 N–H and O–H groups in total. The Bertz CT molecular complexity index is 61.6. The number of hydrogen-bond donors (Lipinski definition) is 2. The Balaban J connectivity index is -0.0000000326. The van der Waals surface area contributed by atoms with Gasteiger partial charge in [-0.15, -0.1) is 0 Å². The molecule has 0 rings (SSSR count). The topological polar surface area (TPSA) is 104 Å². The van der Waals surface area contributed by atoms with E-state index in [9.17, 15) is 4.21 Å². The van der Waals surface area contributed by atoms with Crippen LogP contribution in [0.1, 0.15) is 0 Å². The Labute approximate surface area is 110 Å². The molecule has 0 amide bonds. The molecule has 52 valence electrons. The van der Waals surface area contributed by atoms with E-state index in [1.54, 1.807) is 0 Å². The van der Waals surface area contributed by atoms with E-state index in [1.165, 1.54) is 0 Å². The van der Waals surface area contributed by atoms with Crippen LogP contribution in [0, 0.1) is 0 Å². The molecule has 0 spiro atoms. The summed E-state index contributed by atoms with van der Waals surface area (Å²) in [6.45, 7) is 0. The van der Waals surface area contributed by atoms with Crippen LogP contribution >= 0.6 is 12.3 Å². The van der Waals surface area contributed by atoms with Crippen LogP contribution in [0.25, 0.3) is 0 Å². The maximum absolute atomic E-state index is 9.23. The van der Waals surface area contributed by atoms with Gasteiger partial charge in [0, 0.05) is 0 Å². The van der Waals surface area contributed by atoms with Crippen molar-refractivity contribution in [1.29, 1.82) is 0 Å². The van der Waals surface area contributed by atoms with Crippen LogP contribution in [0.2, 0.25) is 0 Å². The van der Waals surface area contributed by atoms with Gasteiger partial charge < -0.3 is 31.1 Å². The quantitative estimate of drug-likeness (QED) is 0.251. The molecule has 0 heterocycles. The second kappa shape index (κ2) is 22.5. The van der Waals surface area contributed by atoms with E-state index in [-0.39, 0.29) is 59.1 Å². The van der Waals surface area contributed by atoms with Crippen molar-refractivity contribution in [1.82, 2.24) is 0 Å². The normalized spacial score (nSPS) is 9.20. The molecule has 0 radical (unpaired) electrons. The first kappa shape index (κ1) is 22.8. The van der Waals surface area contributed by atoms with Crippen LogP contribution in [0.4, 0.5) is 0 Å². The maximum Gasteiger partial charge on any atom is 1.00 e. The summed E-state index contributed by atoms with van der Waals surface area (Å²) in [6, 6.07) is 0. The van der Waals surface area contributed by atoms with E-state index in [4.69, 9.17) is 18.8 Å². The van der Waals surface area contributed by atoms with Crippen LogP contribution in [0.15, 0.2) is 0 Å². The zero-order chi connectivity index (χ0) is 6.99. The molecular formula is CH4Na2O5S2. The van der Waals surface area contributed by atoms with Crippen LogP contribution in [-0.2, 0) is 11.1 Å². The predicted octanol–water partition coefficient (Wildman–Crippen LogP) is -6.85. The first-order valence-electron chi connectivity index (χ1n) is 1.29. The molecule has 0 bridgehead atoms. The molecule has 0 aromatic carbocycles. The average molecular weight is 206 g/mol. The van der Waals surface area contributed by atoms with Gasteiger partial charge in [-0.25, -0.2) is 4.21 Å². The number of rotatable bonds is 1. The van der Waals surface area contributed by atoms with Crippen LogP contribution in [0.3, 0.4) is 0 Å². The third kappa shape index (κ3) is 47.9. The summed E-state index contributed by atoms with van der Waals surface area (Å²) in [6.07, 6.45) is 0. The summed E-state index contributed by atoms with van der Waals surface area (Å²) in [5.41, 5.74) is 0. The van der Waals surface area contributed by atoms with Gasteiger partial charge in [0.05, 0.1) is 0 Å². The molecule has 0 saturated carbocycles. The van der Waals surface area contributed by atoms with Gasteiger partial charge in [0.1, 0.15) is 5.94 Å². The van der Waals surface area contributed by atoms with Crippen molar-refractivity contribution >= 4 is 23.4 Å². The Kier molecular flexibility index (Phi) is 51.3. The summed E-state index contributed by atoms with van der Waals surface area (Å²) in [5, 5.41) is 7.59. The van der Waals surface area contributed by atoms with Gasteiger partial charge in [0.2, 0.25) is 0 Å². The van der Waals surface area contributed by atoms with Gasteiger partial charge in [-0.2, -0.15) is 0 Å². The van der Waals surface area contributed by atoms with Crippen LogP contribution in [-0.4, -0.2) is 28.9 Å². The van der Waals surface area contributed by atoms with Gasteiger partial charge in [0.15, 0.2) is 11.1 Å². The summed E-state index contributed by atoms with van der Waals surface area (Å²) in [4.78, 5) is 0. The molecule has 0 fully saturated rings. The summed E-state index contributed by atoms with van der Waals surface area (Å²) >= 11 is -2.77. The molecule has 0 saturated heterocycles. The monoisotopic (exact) mass is 206 g/mol. The van der Waals surface area contributed by atoms with Crippen molar-refractivity contribution in [3.05, 3.63) is 0 Å². The Hall–Kier alpha value is 2.34. The molecule has 0 aromatic rings. The predicted molar refractivity (Wildman–Crippen MR) is 27.0 cm³/mol. The molecule has 1 atom stereocenters. The maximum atomic E-state index is 9.23. The molecule has 0 aliphatic rings. The largest absolute Gasteiger partial charge is 1.00 e. The Morgan fingerprint density at radius 1 is 1.40 bits per heavy atom. The molecule has 0 aromatic heterocycles. The third-order valence-corrected chi connectivity index (χ3v) is 0.331. The van der Waals surface area contributed by atoms with Gasteiger partial charge in [-0.1, -0.05) is 0 Å². The molecule has 5 nitrogen and oxygen atoms in total. The molecular weight excluding hydrogens is 202 g/mol. The molecule has 0 aliphatic heterocycles. The van der Waals surface area contributed by atoms with Crippen molar-refractivity contribution in [2.45, 2.75) is 0 Å². The van der Waals surface area contributed by atoms with E-state index >= 15 is 0 Å². The standard InChI is InChI=1S/CH4O3S.2Na.H2O2S/c2-1-5(3)4;;;1-3-2/h2H,1H2,(H,3,4);;;1-2H/q;2*+1;/p-2. The first-order chi connectivity index (χ1) is 3.68. The van der Waals surface area contributed by atoms with Gasteiger partial charge in [0.25, 0.3) is 0 Å². The summed E-state index contributed by atoms with van der Waals surface area (Å²) < 4.78 is 33.4. The van der Waals surface area contributed by atoms with Crippen LogP contribution in [0.5, 0.6) is 0 Å². The van der Waals surface area contributed by atoms with Gasteiger partial charge >= 0.3 is 59.1 Å². The zero-order valence-corrected chi connectivity index (χ0v) is 11.3. The van der Waals surface area contributed by atoms with E-state index in [0.29, 0.717) is 0 Å². The molecule has 1 unspecified atom stereocenters. The van der Waals surface area contributed by atoms with Crippen molar-refractivity contribution < 1.29 is 82.1 Å². The molecule has 0 aliphatic carbocycles. The fourth-order valence-electron chi connectivity index (χ4n) is 0. The fourth-order valence-corrected chi connectivity index (χ4v) is 0. The average Bonchev–Trinajstić information content (AvgIpc) is 1.69. The van der Waals surface area contributed by atoms with E-state index in [0.717, 1.165) is 0 Å². The minimum Gasteiger partial charge on any atom is -0.811 e. The van der Waals surface area contributed by atoms with Crippen molar-refractivity contribution in [2.24, 2.45) is 0 Å². The van der Waals surface area contributed by atoms with Crippen LogP contribution < -0.4 is 59.1 Å². The first-order valence-corrected chi connectivity index (χ1v) is 3.23. The second-order valence-electron chi connectivity index (χ2n) is 0.519. The van der Waals surface area contributed by atoms with Crippen molar-refractivity contribution in [2.75, 3.05) is 5.94 Å². The van der Waals surface area contributed by atoms with E-state index < -0.39 is 29.3 Å². The van der Waals surface area contributed by atoms with E-state index in [2.05, 4.69) is 0 Å². The SMILES string of the molecule is O=S(O)CO.[Na+].[Na+].[O-]S[O-]. The summed E-state index contributed by atoms with van der Waals surface area (Å²) in [5.74, 6) is -0.667. The number of aliphatic hydroxyl groups excluding tert-OH is 1. The minimum atomic E-state index is -2.02. The number of hydrogen-bond acceptors (Lipinski definition) is 5. The third-order valence-electron chi connectivity index (χ3n) is 0.110. The van der Waals surface area contributed by atoms with Crippen molar-refractivity contribution in [3.63, 3.8) is 0 Å². The minimum absolute atomic E-state index is 0. The van der Waals surface area contributed by atoms with Gasteiger partial charge in [-0.3, -0.25) is 0 Å². The van der Waals surface area contributed by atoms with Crippen molar-refractivity contribution in [3.8, 4) is 0 Å². The smallest absolute Gasteiger partial charge is 0.811 e.